The van der Waals surface area contributed by atoms with Crippen LogP contribution in [0.25, 0.3) is 0 Å². The maximum atomic E-state index is 12.1. The molecule has 1 aliphatic heterocycles. The van der Waals surface area contributed by atoms with Gasteiger partial charge in [0, 0.05) is 26.1 Å². The molecular weight excluding hydrogens is 278 g/mol. The first-order valence-electron chi connectivity index (χ1n) is 7.48. The molecule has 0 aromatic heterocycles. The van der Waals surface area contributed by atoms with Gasteiger partial charge in [-0.15, -0.1) is 12.4 Å². The number of hydrogen-bond donors (Lipinski definition) is 2. The lowest BCUT2D eigenvalue weighted by Gasteiger charge is -2.34. The van der Waals surface area contributed by atoms with Crippen LogP contribution < -0.4 is 10.6 Å². The van der Waals surface area contributed by atoms with Crippen LogP contribution in [0.15, 0.2) is 0 Å². The third kappa shape index (κ3) is 6.09. The van der Waals surface area contributed by atoms with Crippen molar-refractivity contribution in [1.82, 2.24) is 15.5 Å². The number of nitrogens with zero attached hydrogens (tertiary/aromatic N) is 1. The van der Waals surface area contributed by atoms with Crippen LogP contribution in [0.1, 0.15) is 46.0 Å². The molecule has 1 fully saturated rings. The van der Waals surface area contributed by atoms with E-state index in [-0.39, 0.29) is 30.3 Å². The molecule has 1 aliphatic rings. The number of halogens is 1. The van der Waals surface area contributed by atoms with Gasteiger partial charge < -0.3 is 15.5 Å². The van der Waals surface area contributed by atoms with Crippen LogP contribution in [0.3, 0.4) is 0 Å². The van der Waals surface area contributed by atoms with E-state index in [4.69, 9.17) is 0 Å². The molecule has 1 rings (SSSR count). The van der Waals surface area contributed by atoms with Crippen LogP contribution >= 0.6 is 12.4 Å². The summed E-state index contributed by atoms with van der Waals surface area (Å²) in [6.45, 7) is 7.07. The summed E-state index contributed by atoms with van der Waals surface area (Å²) in [5.74, 6) is 0.0868. The zero-order valence-electron chi connectivity index (χ0n) is 12.6. The van der Waals surface area contributed by atoms with Crippen molar-refractivity contribution in [3.63, 3.8) is 0 Å². The Bertz CT molecular complexity index is 300. The molecule has 2 amide bonds. The van der Waals surface area contributed by atoms with E-state index in [1.54, 1.807) is 4.90 Å². The first-order valence-corrected chi connectivity index (χ1v) is 7.48. The third-order valence-electron chi connectivity index (χ3n) is 3.46. The number of piperidine rings is 1. The summed E-state index contributed by atoms with van der Waals surface area (Å²) in [6.07, 6.45) is 4.39. The van der Waals surface area contributed by atoms with Crippen LogP contribution in [0.4, 0.5) is 0 Å². The molecule has 20 heavy (non-hydrogen) atoms. The van der Waals surface area contributed by atoms with E-state index in [1.165, 1.54) is 0 Å². The van der Waals surface area contributed by atoms with Crippen LogP contribution in [0.5, 0.6) is 0 Å². The number of rotatable bonds is 7. The highest BCUT2D eigenvalue weighted by atomic mass is 35.5. The standard InChI is InChI=1S/C14H27N3O2.ClH/c1-3-8-15-9-10-16-14(19)12-7-5-6-11-17(12)13(18)4-2;/h12,15H,3-11H2,1-2H3,(H,16,19);1H. The van der Waals surface area contributed by atoms with E-state index in [1.807, 2.05) is 6.92 Å². The highest BCUT2D eigenvalue weighted by Gasteiger charge is 2.30. The summed E-state index contributed by atoms with van der Waals surface area (Å²) in [5.41, 5.74) is 0. The monoisotopic (exact) mass is 305 g/mol. The zero-order valence-corrected chi connectivity index (χ0v) is 13.4. The van der Waals surface area contributed by atoms with Gasteiger partial charge >= 0.3 is 0 Å². The second kappa shape index (κ2) is 10.9. The van der Waals surface area contributed by atoms with Crippen molar-refractivity contribution in [3.05, 3.63) is 0 Å². The molecule has 1 unspecified atom stereocenters. The molecule has 2 N–H and O–H groups in total. The van der Waals surface area contributed by atoms with Crippen molar-refractivity contribution in [2.45, 2.75) is 52.0 Å². The molecule has 0 bridgehead atoms. The average molecular weight is 306 g/mol. The van der Waals surface area contributed by atoms with E-state index >= 15 is 0 Å². The minimum absolute atomic E-state index is 0. The van der Waals surface area contributed by atoms with Gasteiger partial charge in [-0.1, -0.05) is 13.8 Å². The summed E-state index contributed by atoms with van der Waals surface area (Å²) in [5, 5.41) is 6.17. The van der Waals surface area contributed by atoms with Crippen molar-refractivity contribution in [1.29, 1.82) is 0 Å². The fourth-order valence-corrected chi connectivity index (χ4v) is 2.40. The van der Waals surface area contributed by atoms with E-state index in [9.17, 15) is 9.59 Å². The van der Waals surface area contributed by atoms with Gasteiger partial charge in [-0.25, -0.2) is 0 Å². The quantitative estimate of drug-likeness (QED) is 0.697. The largest absolute Gasteiger partial charge is 0.353 e. The predicted molar refractivity (Wildman–Crippen MR) is 83.1 cm³/mol. The van der Waals surface area contributed by atoms with Crippen LogP contribution in [0, 0.1) is 0 Å². The number of hydrogen-bond acceptors (Lipinski definition) is 3. The molecule has 0 saturated carbocycles. The molecular formula is C14H28ClN3O2. The Morgan fingerprint density at radius 3 is 2.55 bits per heavy atom. The van der Waals surface area contributed by atoms with Gasteiger partial charge in [0.2, 0.25) is 11.8 Å². The SMILES string of the molecule is CCCNCCNC(=O)C1CCCCN1C(=O)CC.Cl. The number of carbonyl (C=O) groups excluding carboxylic acids is 2. The highest BCUT2D eigenvalue weighted by Crippen LogP contribution is 2.18. The van der Waals surface area contributed by atoms with Crippen molar-refractivity contribution in [3.8, 4) is 0 Å². The van der Waals surface area contributed by atoms with Crippen molar-refractivity contribution >= 4 is 24.2 Å². The molecule has 0 radical (unpaired) electrons. The zero-order chi connectivity index (χ0) is 14.1. The maximum absolute atomic E-state index is 12.1. The summed E-state index contributed by atoms with van der Waals surface area (Å²) in [7, 11) is 0. The van der Waals surface area contributed by atoms with E-state index in [2.05, 4.69) is 17.6 Å². The topological polar surface area (TPSA) is 61.4 Å². The molecule has 0 spiro atoms. The lowest BCUT2D eigenvalue weighted by Crippen LogP contribution is -2.52. The van der Waals surface area contributed by atoms with Crippen molar-refractivity contribution < 1.29 is 9.59 Å². The lowest BCUT2D eigenvalue weighted by atomic mass is 10.0. The molecule has 0 aliphatic carbocycles. The summed E-state index contributed by atoms with van der Waals surface area (Å²) in [4.78, 5) is 25.7. The van der Waals surface area contributed by atoms with Crippen LogP contribution in [-0.2, 0) is 9.59 Å². The van der Waals surface area contributed by atoms with Gasteiger partial charge in [0.25, 0.3) is 0 Å². The summed E-state index contributed by atoms with van der Waals surface area (Å²) < 4.78 is 0. The molecule has 0 aromatic rings. The first kappa shape index (κ1) is 19.2. The molecule has 1 atom stereocenters. The predicted octanol–water partition coefficient (Wildman–Crippen LogP) is 1.32. The number of nitrogens with one attached hydrogen (secondary N) is 2. The van der Waals surface area contributed by atoms with Gasteiger partial charge in [0.1, 0.15) is 6.04 Å². The minimum Gasteiger partial charge on any atom is -0.353 e. The number of carbonyl (C=O) groups is 2. The second-order valence-electron chi connectivity index (χ2n) is 4.99. The van der Waals surface area contributed by atoms with E-state index in [0.29, 0.717) is 13.0 Å². The Kier molecular flexibility index (Phi) is 10.5. The Hall–Kier alpha value is -0.810. The smallest absolute Gasteiger partial charge is 0.242 e. The molecule has 1 saturated heterocycles. The normalized spacial score (nSPS) is 18.3. The molecule has 118 valence electrons. The van der Waals surface area contributed by atoms with E-state index < -0.39 is 0 Å². The maximum Gasteiger partial charge on any atom is 0.242 e. The Balaban J connectivity index is 0.00000361. The number of amides is 2. The first-order chi connectivity index (χ1) is 9.20. The number of likely N-dealkylation sites (tertiary alicyclic amines) is 1. The summed E-state index contributed by atoms with van der Waals surface area (Å²) in [6, 6.07) is -0.257. The van der Waals surface area contributed by atoms with Gasteiger partial charge in [-0.05, 0) is 32.2 Å². The minimum atomic E-state index is -0.257. The van der Waals surface area contributed by atoms with Crippen LogP contribution in [0.2, 0.25) is 0 Å². The summed E-state index contributed by atoms with van der Waals surface area (Å²) >= 11 is 0. The highest BCUT2D eigenvalue weighted by molar-refractivity contribution is 5.87. The average Bonchev–Trinajstić information content (AvgIpc) is 2.46. The van der Waals surface area contributed by atoms with Crippen LogP contribution in [-0.4, -0.2) is 48.9 Å². The van der Waals surface area contributed by atoms with Gasteiger partial charge in [0.05, 0.1) is 0 Å². The molecule has 6 heteroatoms. The fraction of sp³-hybridized carbons (Fsp3) is 0.857. The van der Waals surface area contributed by atoms with Gasteiger partial charge in [0.15, 0.2) is 0 Å². The molecule has 1 heterocycles. The Morgan fingerprint density at radius 1 is 1.15 bits per heavy atom. The molecule has 5 nitrogen and oxygen atoms in total. The molecule has 0 aromatic carbocycles. The third-order valence-corrected chi connectivity index (χ3v) is 3.46. The van der Waals surface area contributed by atoms with Crippen molar-refractivity contribution in [2.24, 2.45) is 0 Å². The lowest BCUT2D eigenvalue weighted by molar-refractivity contribution is -0.142. The van der Waals surface area contributed by atoms with Crippen molar-refractivity contribution in [2.75, 3.05) is 26.2 Å². The fourth-order valence-electron chi connectivity index (χ4n) is 2.40. The Morgan fingerprint density at radius 2 is 1.90 bits per heavy atom. The van der Waals surface area contributed by atoms with E-state index in [0.717, 1.165) is 45.3 Å². The Labute approximate surface area is 128 Å². The second-order valence-corrected chi connectivity index (χ2v) is 4.99. The van der Waals surface area contributed by atoms with Gasteiger partial charge in [-0.2, -0.15) is 0 Å². The van der Waals surface area contributed by atoms with Gasteiger partial charge in [-0.3, -0.25) is 9.59 Å².